The van der Waals surface area contributed by atoms with Gasteiger partial charge in [0, 0.05) is 23.5 Å². The van der Waals surface area contributed by atoms with Gasteiger partial charge in [-0.05, 0) is 36.8 Å². The Morgan fingerprint density at radius 2 is 2.04 bits per heavy atom. The van der Waals surface area contributed by atoms with Gasteiger partial charge in [-0.3, -0.25) is 19.9 Å². The minimum Gasteiger partial charge on any atom is -0.480 e. The molecule has 0 aliphatic rings. The summed E-state index contributed by atoms with van der Waals surface area (Å²) in [7, 11) is 0. The molecule has 1 aromatic carbocycles. The average molecular weight is 348 g/mol. The fourth-order valence-electron chi connectivity index (χ4n) is 2.11. The first-order chi connectivity index (χ1) is 11.5. The van der Waals surface area contributed by atoms with Gasteiger partial charge in [0.05, 0.1) is 12.1 Å². The molecular formula is C17H18ClN3O3. The maximum Gasteiger partial charge on any atom is 0.321 e. The van der Waals surface area contributed by atoms with Gasteiger partial charge in [0.15, 0.2) is 0 Å². The standard InChI is InChI=1S/C17H18ClN3O3/c1-11-13(18)6-4-7-14(11)21-16(22)9-15(17(23)24)20-10-12-5-2-3-8-19-12/h2-8,15,20H,9-10H2,1H3,(H,21,22)(H,23,24). The molecule has 0 fully saturated rings. The van der Waals surface area contributed by atoms with Crippen molar-refractivity contribution in [2.45, 2.75) is 25.9 Å². The van der Waals surface area contributed by atoms with E-state index in [4.69, 9.17) is 11.6 Å². The Hall–Kier alpha value is -2.44. The number of rotatable bonds is 7. The van der Waals surface area contributed by atoms with Gasteiger partial charge in [-0.15, -0.1) is 0 Å². The highest BCUT2D eigenvalue weighted by Gasteiger charge is 2.21. The minimum absolute atomic E-state index is 0.200. The molecule has 0 aliphatic heterocycles. The van der Waals surface area contributed by atoms with Gasteiger partial charge in [-0.2, -0.15) is 0 Å². The number of hydrogen-bond donors (Lipinski definition) is 3. The van der Waals surface area contributed by atoms with Crippen molar-refractivity contribution in [1.29, 1.82) is 0 Å². The molecule has 0 bridgehead atoms. The quantitative estimate of drug-likeness (QED) is 0.716. The molecule has 0 saturated carbocycles. The summed E-state index contributed by atoms with van der Waals surface area (Å²) in [5.74, 6) is -1.50. The number of aliphatic carboxylic acids is 1. The Labute approximate surface area is 144 Å². The second kappa shape index (κ2) is 8.42. The van der Waals surface area contributed by atoms with Crippen LogP contribution in [-0.2, 0) is 16.1 Å². The van der Waals surface area contributed by atoms with Crippen molar-refractivity contribution in [1.82, 2.24) is 10.3 Å². The van der Waals surface area contributed by atoms with E-state index in [1.165, 1.54) is 0 Å². The van der Waals surface area contributed by atoms with Crippen LogP contribution in [0, 0.1) is 6.92 Å². The molecule has 0 aliphatic carbocycles. The van der Waals surface area contributed by atoms with Crippen LogP contribution in [0.5, 0.6) is 0 Å². The minimum atomic E-state index is -1.09. The van der Waals surface area contributed by atoms with Crippen LogP contribution in [0.3, 0.4) is 0 Å². The molecule has 126 valence electrons. The van der Waals surface area contributed by atoms with Gasteiger partial charge in [0.25, 0.3) is 0 Å². The number of carbonyl (C=O) groups is 2. The molecule has 1 aromatic heterocycles. The lowest BCUT2D eigenvalue weighted by Gasteiger charge is -2.15. The second-order valence-corrected chi connectivity index (χ2v) is 5.66. The van der Waals surface area contributed by atoms with E-state index in [1.807, 2.05) is 6.07 Å². The lowest BCUT2D eigenvalue weighted by molar-refractivity contribution is -0.141. The van der Waals surface area contributed by atoms with E-state index in [-0.39, 0.29) is 13.0 Å². The zero-order chi connectivity index (χ0) is 17.5. The lowest BCUT2D eigenvalue weighted by atomic mass is 10.1. The number of nitrogens with zero attached hydrogens (tertiary/aromatic N) is 1. The van der Waals surface area contributed by atoms with E-state index >= 15 is 0 Å². The fourth-order valence-corrected chi connectivity index (χ4v) is 2.28. The molecule has 24 heavy (non-hydrogen) atoms. The Kier molecular flexibility index (Phi) is 6.28. The van der Waals surface area contributed by atoms with Crippen LogP contribution >= 0.6 is 11.6 Å². The highest BCUT2D eigenvalue weighted by Crippen LogP contribution is 2.23. The van der Waals surface area contributed by atoms with E-state index < -0.39 is 17.9 Å². The molecule has 7 heteroatoms. The first-order valence-electron chi connectivity index (χ1n) is 7.38. The highest BCUT2D eigenvalue weighted by atomic mass is 35.5. The van der Waals surface area contributed by atoms with Crippen LogP contribution in [-0.4, -0.2) is 28.0 Å². The van der Waals surface area contributed by atoms with E-state index in [0.717, 1.165) is 5.56 Å². The third kappa shape index (κ3) is 5.04. The van der Waals surface area contributed by atoms with Gasteiger partial charge < -0.3 is 10.4 Å². The van der Waals surface area contributed by atoms with Crippen molar-refractivity contribution < 1.29 is 14.7 Å². The average Bonchev–Trinajstić information content (AvgIpc) is 2.56. The fraction of sp³-hybridized carbons (Fsp3) is 0.235. The van der Waals surface area contributed by atoms with E-state index in [1.54, 1.807) is 43.5 Å². The summed E-state index contributed by atoms with van der Waals surface area (Å²) in [5, 5.41) is 15.3. The van der Waals surface area contributed by atoms with Gasteiger partial charge >= 0.3 is 5.97 Å². The smallest absolute Gasteiger partial charge is 0.321 e. The number of carbonyl (C=O) groups excluding carboxylic acids is 1. The predicted octanol–water partition coefficient (Wildman–Crippen LogP) is 2.62. The van der Waals surface area contributed by atoms with Crippen molar-refractivity contribution in [3.8, 4) is 0 Å². The number of carboxylic acid groups (broad SMARTS) is 1. The Morgan fingerprint density at radius 3 is 2.71 bits per heavy atom. The maximum absolute atomic E-state index is 12.1. The van der Waals surface area contributed by atoms with Gasteiger partial charge in [0.2, 0.25) is 5.91 Å². The summed E-state index contributed by atoms with van der Waals surface area (Å²) < 4.78 is 0. The molecule has 2 rings (SSSR count). The zero-order valence-electron chi connectivity index (χ0n) is 13.1. The predicted molar refractivity (Wildman–Crippen MR) is 91.9 cm³/mol. The number of benzene rings is 1. The third-order valence-electron chi connectivity index (χ3n) is 3.49. The van der Waals surface area contributed by atoms with Crippen LogP contribution in [0.4, 0.5) is 5.69 Å². The van der Waals surface area contributed by atoms with E-state index in [2.05, 4.69) is 15.6 Å². The van der Waals surface area contributed by atoms with Crippen LogP contribution in [0.25, 0.3) is 0 Å². The van der Waals surface area contributed by atoms with Gasteiger partial charge in [-0.25, -0.2) is 0 Å². The Morgan fingerprint density at radius 1 is 1.25 bits per heavy atom. The van der Waals surface area contributed by atoms with Crippen LogP contribution < -0.4 is 10.6 Å². The zero-order valence-corrected chi connectivity index (χ0v) is 13.9. The largest absolute Gasteiger partial charge is 0.480 e. The number of hydrogen-bond acceptors (Lipinski definition) is 4. The van der Waals surface area contributed by atoms with Crippen molar-refractivity contribution in [2.75, 3.05) is 5.32 Å². The van der Waals surface area contributed by atoms with E-state index in [0.29, 0.717) is 16.4 Å². The molecular weight excluding hydrogens is 330 g/mol. The number of anilines is 1. The van der Waals surface area contributed by atoms with Crippen LogP contribution in [0.2, 0.25) is 5.02 Å². The molecule has 2 aromatic rings. The molecule has 1 amide bonds. The number of halogens is 1. The SMILES string of the molecule is Cc1c(Cl)cccc1NC(=O)CC(NCc1ccccn1)C(=O)O. The first-order valence-corrected chi connectivity index (χ1v) is 7.76. The molecule has 0 spiro atoms. The second-order valence-electron chi connectivity index (χ2n) is 5.26. The number of amides is 1. The third-order valence-corrected chi connectivity index (χ3v) is 3.89. The topological polar surface area (TPSA) is 91.3 Å². The Balaban J connectivity index is 1.95. The van der Waals surface area contributed by atoms with Crippen LogP contribution in [0.1, 0.15) is 17.7 Å². The summed E-state index contributed by atoms with van der Waals surface area (Å²) in [4.78, 5) is 27.6. The number of nitrogens with one attached hydrogen (secondary N) is 2. The van der Waals surface area contributed by atoms with Crippen molar-refractivity contribution in [3.63, 3.8) is 0 Å². The van der Waals surface area contributed by atoms with Gasteiger partial charge in [0.1, 0.15) is 6.04 Å². The van der Waals surface area contributed by atoms with Crippen LogP contribution in [0.15, 0.2) is 42.6 Å². The summed E-state index contributed by atoms with van der Waals surface area (Å²) in [6, 6.07) is 9.52. The molecule has 1 heterocycles. The summed E-state index contributed by atoms with van der Waals surface area (Å²) in [5.41, 5.74) is 2.01. The molecule has 1 atom stereocenters. The van der Waals surface area contributed by atoms with Crippen molar-refractivity contribution in [3.05, 3.63) is 58.9 Å². The maximum atomic E-state index is 12.1. The Bertz CT molecular complexity index is 722. The molecule has 3 N–H and O–H groups in total. The van der Waals surface area contributed by atoms with E-state index in [9.17, 15) is 14.7 Å². The summed E-state index contributed by atoms with van der Waals surface area (Å²) in [6.07, 6.45) is 1.43. The normalized spacial score (nSPS) is 11.8. The monoisotopic (exact) mass is 347 g/mol. The first kappa shape index (κ1) is 17.9. The number of pyridine rings is 1. The summed E-state index contributed by atoms with van der Waals surface area (Å²) >= 11 is 6.01. The lowest BCUT2D eigenvalue weighted by Crippen LogP contribution is -2.39. The number of aromatic nitrogens is 1. The molecule has 6 nitrogen and oxygen atoms in total. The number of carboxylic acids is 1. The molecule has 1 unspecified atom stereocenters. The highest BCUT2D eigenvalue weighted by molar-refractivity contribution is 6.31. The van der Waals surface area contributed by atoms with Gasteiger partial charge in [-0.1, -0.05) is 23.7 Å². The van der Waals surface area contributed by atoms with Crippen molar-refractivity contribution in [2.24, 2.45) is 0 Å². The molecule has 0 saturated heterocycles. The summed E-state index contributed by atoms with van der Waals surface area (Å²) in [6.45, 7) is 2.05. The van der Waals surface area contributed by atoms with Crippen molar-refractivity contribution >= 4 is 29.2 Å². The molecule has 0 radical (unpaired) electrons.